The van der Waals surface area contributed by atoms with Crippen molar-refractivity contribution < 1.29 is 14.6 Å². The number of methoxy groups -OCH3 is 1. The molecule has 0 unspecified atom stereocenters. The number of ether oxygens (including phenoxy) is 1. The molecule has 0 saturated carbocycles. The average molecular weight is 279 g/mol. The zero-order chi connectivity index (χ0) is 14.9. The van der Waals surface area contributed by atoms with Crippen LogP contribution in [0.4, 0.5) is 0 Å². The zero-order valence-electron chi connectivity index (χ0n) is 11.6. The van der Waals surface area contributed by atoms with E-state index in [9.17, 15) is 14.7 Å². The van der Waals surface area contributed by atoms with E-state index in [-0.39, 0.29) is 35.4 Å². The molecule has 0 aromatic rings. The van der Waals surface area contributed by atoms with Gasteiger partial charge in [-0.1, -0.05) is 13.8 Å². The van der Waals surface area contributed by atoms with Gasteiger partial charge in [0.15, 0.2) is 0 Å². The molecule has 0 radical (unpaired) electrons. The van der Waals surface area contributed by atoms with Gasteiger partial charge in [0.1, 0.15) is 11.3 Å². The number of aliphatic hydroxyl groups excluding tert-OH is 1. The highest BCUT2D eigenvalue weighted by atomic mass is 16.5. The summed E-state index contributed by atoms with van der Waals surface area (Å²) in [7, 11) is 1.27. The third-order valence-electron chi connectivity index (χ3n) is 3.33. The van der Waals surface area contributed by atoms with E-state index in [1.54, 1.807) is 17.0 Å². The van der Waals surface area contributed by atoms with Crippen molar-refractivity contribution in [1.29, 1.82) is 0 Å². The fourth-order valence-corrected chi connectivity index (χ4v) is 2.16. The standard InChI is InChI=1S/C13H17N3O4/c1-7(2)10(6-17)16-4-8-11(14-15-12(8)18)9(5-16)13(19)20-3/h4-5,7,10,17H,6H2,1-3H3,(H,15,18)/t10-/m0/s1. The van der Waals surface area contributed by atoms with E-state index in [0.717, 1.165) is 0 Å². The minimum atomic E-state index is -0.573. The maximum atomic E-state index is 11.8. The van der Waals surface area contributed by atoms with E-state index < -0.39 is 5.97 Å². The predicted octanol–water partition coefficient (Wildman–Crippen LogP) is 0.652. The topological polar surface area (TPSA) is 97.2 Å². The Morgan fingerprint density at radius 3 is 2.75 bits per heavy atom. The lowest BCUT2D eigenvalue weighted by Gasteiger charge is -2.23. The maximum absolute atomic E-state index is 11.8. The summed E-state index contributed by atoms with van der Waals surface area (Å²) in [5.74, 6) is -0.439. The Labute approximate surface area is 115 Å². The first-order chi connectivity index (χ1) is 9.49. The minimum Gasteiger partial charge on any atom is -0.465 e. The number of hydrogen-bond donors (Lipinski definition) is 2. The Kier molecular flexibility index (Phi) is 3.89. The van der Waals surface area contributed by atoms with Gasteiger partial charge in [-0.05, 0) is 5.92 Å². The van der Waals surface area contributed by atoms with Crippen LogP contribution in [0.2, 0.25) is 0 Å². The molecule has 0 saturated heterocycles. The molecule has 0 aromatic heterocycles. The van der Waals surface area contributed by atoms with Crippen molar-refractivity contribution in [3.8, 4) is 11.3 Å². The summed E-state index contributed by atoms with van der Waals surface area (Å²) in [5.41, 5.74) is 0.396. The van der Waals surface area contributed by atoms with Gasteiger partial charge >= 0.3 is 5.97 Å². The second-order valence-corrected chi connectivity index (χ2v) is 4.92. The molecule has 0 aromatic carbocycles. The lowest BCUT2D eigenvalue weighted by atomic mass is 10.0. The van der Waals surface area contributed by atoms with Crippen molar-refractivity contribution in [3.63, 3.8) is 0 Å². The molecule has 2 aliphatic rings. The summed E-state index contributed by atoms with van der Waals surface area (Å²) < 4.78 is 6.37. The molecule has 0 amide bonds. The van der Waals surface area contributed by atoms with Gasteiger partial charge in [0.05, 0.1) is 25.3 Å². The van der Waals surface area contributed by atoms with Gasteiger partial charge in [-0.25, -0.2) is 9.89 Å². The van der Waals surface area contributed by atoms with Crippen LogP contribution in [0, 0.1) is 5.92 Å². The number of esters is 1. The van der Waals surface area contributed by atoms with E-state index in [2.05, 4.69) is 10.2 Å². The number of nitrogens with one attached hydrogen (secondary N) is 1. The van der Waals surface area contributed by atoms with Gasteiger partial charge in [-0.2, -0.15) is 5.10 Å². The van der Waals surface area contributed by atoms with Crippen LogP contribution in [-0.4, -0.2) is 39.6 Å². The van der Waals surface area contributed by atoms with E-state index in [1.807, 2.05) is 13.8 Å². The fraction of sp³-hybridized carbons (Fsp3) is 0.462. The third-order valence-corrected chi connectivity index (χ3v) is 3.33. The molecule has 0 spiro atoms. The lowest BCUT2D eigenvalue weighted by molar-refractivity contribution is 0.0599. The van der Waals surface area contributed by atoms with Gasteiger partial charge in [-0.15, -0.1) is 0 Å². The molecule has 0 aliphatic carbocycles. The number of carbonyl (C=O) groups is 1. The molecular formula is C13H17N3O4. The van der Waals surface area contributed by atoms with Crippen molar-refractivity contribution in [2.75, 3.05) is 13.7 Å². The number of aliphatic hydroxyl groups is 1. The van der Waals surface area contributed by atoms with Crippen LogP contribution in [0.15, 0.2) is 17.2 Å². The molecule has 0 bridgehead atoms. The van der Waals surface area contributed by atoms with Crippen molar-refractivity contribution in [3.05, 3.63) is 28.3 Å². The highest BCUT2D eigenvalue weighted by Gasteiger charge is 2.24. The van der Waals surface area contributed by atoms with Crippen LogP contribution in [0.3, 0.4) is 0 Å². The van der Waals surface area contributed by atoms with Crippen molar-refractivity contribution >= 4 is 5.97 Å². The Bertz CT molecular complexity index is 644. The molecule has 2 heterocycles. The number of aromatic nitrogens is 3. The highest BCUT2D eigenvalue weighted by molar-refractivity contribution is 5.95. The molecule has 0 fully saturated rings. The van der Waals surface area contributed by atoms with Gasteiger partial charge in [-0.3, -0.25) is 4.79 Å². The summed E-state index contributed by atoms with van der Waals surface area (Å²) in [5, 5.41) is 15.7. The molecular weight excluding hydrogens is 262 g/mol. The summed E-state index contributed by atoms with van der Waals surface area (Å²) >= 11 is 0. The highest BCUT2D eigenvalue weighted by Crippen LogP contribution is 2.25. The SMILES string of the molecule is COC(=O)c1cn([C@@H](CO)C(C)C)cc2c(=O)[nH]nc1-2. The van der Waals surface area contributed by atoms with E-state index in [1.165, 1.54) is 7.11 Å². The number of carbonyl (C=O) groups excluding carboxylic acids is 1. The Morgan fingerprint density at radius 1 is 1.50 bits per heavy atom. The number of pyridine rings is 1. The second-order valence-electron chi connectivity index (χ2n) is 4.92. The quantitative estimate of drug-likeness (QED) is 0.801. The Balaban J connectivity index is 2.67. The molecule has 7 heteroatoms. The predicted molar refractivity (Wildman–Crippen MR) is 71.8 cm³/mol. The van der Waals surface area contributed by atoms with Crippen LogP contribution in [0.5, 0.6) is 0 Å². The zero-order valence-corrected chi connectivity index (χ0v) is 11.6. The van der Waals surface area contributed by atoms with Crippen LogP contribution >= 0.6 is 0 Å². The first kappa shape index (κ1) is 14.3. The van der Waals surface area contributed by atoms with Gasteiger partial charge in [0, 0.05) is 12.4 Å². The summed E-state index contributed by atoms with van der Waals surface area (Å²) in [6.07, 6.45) is 3.14. The van der Waals surface area contributed by atoms with E-state index in [0.29, 0.717) is 5.56 Å². The number of fused-ring (bicyclic) bond motifs is 1. The lowest BCUT2D eigenvalue weighted by Crippen LogP contribution is -2.22. The summed E-state index contributed by atoms with van der Waals surface area (Å²) in [6.45, 7) is 3.80. The molecule has 2 rings (SSSR count). The van der Waals surface area contributed by atoms with Crippen LogP contribution in [0.25, 0.3) is 11.3 Å². The van der Waals surface area contributed by atoms with Crippen molar-refractivity contribution in [1.82, 2.24) is 14.8 Å². The largest absolute Gasteiger partial charge is 0.465 e. The van der Waals surface area contributed by atoms with Crippen LogP contribution in [0.1, 0.15) is 30.2 Å². The first-order valence-electron chi connectivity index (χ1n) is 6.28. The molecule has 108 valence electrons. The van der Waals surface area contributed by atoms with Crippen LogP contribution in [-0.2, 0) is 4.74 Å². The fourth-order valence-electron chi connectivity index (χ4n) is 2.16. The molecule has 1 atom stereocenters. The Morgan fingerprint density at radius 2 is 2.20 bits per heavy atom. The number of H-pyrrole nitrogens is 1. The third kappa shape index (κ3) is 2.32. The van der Waals surface area contributed by atoms with Crippen LogP contribution < -0.4 is 5.56 Å². The minimum absolute atomic E-state index is 0.0967. The number of hydrogen-bond acceptors (Lipinski definition) is 5. The first-order valence-corrected chi connectivity index (χ1v) is 6.28. The number of rotatable bonds is 4. The molecule has 2 aliphatic heterocycles. The van der Waals surface area contributed by atoms with Gasteiger partial charge in [0.2, 0.25) is 0 Å². The maximum Gasteiger partial charge on any atom is 0.341 e. The smallest absolute Gasteiger partial charge is 0.341 e. The van der Waals surface area contributed by atoms with Gasteiger partial charge in [0.25, 0.3) is 5.56 Å². The normalized spacial score (nSPS) is 12.8. The van der Waals surface area contributed by atoms with Gasteiger partial charge < -0.3 is 14.4 Å². The summed E-state index contributed by atoms with van der Waals surface area (Å²) in [6, 6.07) is -0.239. The van der Waals surface area contributed by atoms with E-state index in [4.69, 9.17) is 4.74 Å². The number of nitrogens with zero attached hydrogens (tertiary/aromatic N) is 2. The average Bonchev–Trinajstić information content (AvgIpc) is 2.79. The monoisotopic (exact) mass is 279 g/mol. The van der Waals surface area contributed by atoms with Crippen molar-refractivity contribution in [2.24, 2.45) is 5.92 Å². The Hall–Kier alpha value is -2.15. The molecule has 20 heavy (non-hydrogen) atoms. The van der Waals surface area contributed by atoms with E-state index >= 15 is 0 Å². The molecule has 2 N–H and O–H groups in total. The number of aromatic amines is 1. The molecule has 7 nitrogen and oxygen atoms in total. The summed E-state index contributed by atoms with van der Waals surface area (Å²) in [4.78, 5) is 23.5. The van der Waals surface area contributed by atoms with Crippen molar-refractivity contribution in [2.45, 2.75) is 19.9 Å². The second kappa shape index (κ2) is 5.46.